The van der Waals surface area contributed by atoms with Crippen LogP contribution in [0.2, 0.25) is 5.02 Å². The molecular formula is C13H8ClFN2O3S. The van der Waals surface area contributed by atoms with Gasteiger partial charge in [0.15, 0.2) is 0 Å². The Balaban J connectivity index is 2.42. The average Bonchev–Trinajstić information content (AvgIpc) is 2.44. The number of benzene rings is 2. The first-order valence-corrected chi connectivity index (χ1v) is 7.40. The number of phenols is 1. The number of nitriles is 1. The van der Waals surface area contributed by atoms with E-state index in [0.717, 1.165) is 6.07 Å². The second-order valence-electron chi connectivity index (χ2n) is 4.03. The fourth-order valence-corrected chi connectivity index (χ4v) is 2.83. The lowest BCUT2D eigenvalue weighted by molar-refractivity contribution is 0.471. The van der Waals surface area contributed by atoms with Gasteiger partial charge in [0, 0.05) is 6.07 Å². The lowest BCUT2D eigenvalue weighted by Crippen LogP contribution is -2.13. The topological polar surface area (TPSA) is 90.2 Å². The lowest BCUT2D eigenvalue weighted by atomic mass is 10.2. The number of nitrogens with one attached hydrogen (secondary N) is 1. The first-order valence-electron chi connectivity index (χ1n) is 5.54. The minimum absolute atomic E-state index is 0.165. The van der Waals surface area contributed by atoms with Gasteiger partial charge in [-0.3, -0.25) is 4.72 Å². The zero-order valence-electron chi connectivity index (χ0n) is 10.3. The molecule has 0 spiro atoms. The molecule has 0 bridgehead atoms. The predicted octanol–water partition coefficient (Wildman–Crippen LogP) is 2.86. The molecule has 0 aromatic heterocycles. The normalized spacial score (nSPS) is 10.9. The number of hydrogen-bond donors (Lipinski definition) is 2. The molecule has 0 aliphatic heterocycles. The zero-order valence-corrected chi connectivity index (χ0v) is 11.9. The molecule has 0 amide bonds. The molecule has 2 aromatic carbocycles. The Morgan fingerprint density at radius 1 is 1.29 bits per heavy atom. The maximum atomic E-state index is 13.1. The van der Waals surface area contributed by atoms with E-state index < -0.39 is 21.6 Å². The van der Waals surface area contributed by atoms with E-state index in [1.54, 1.807) is 0 Å². The van der Waals surface area contributed by atoms with E-state index in [1.807, 2.05) is 6.07 Å². The Hall–Kier alpha value is -2.30. The van der Waals surface area contributed by atoms with Gasteiger partial charge in [0.2, 0.25) is 0 Å². The minimum Gasteiger partial charge on any atom is -0.506 e. The molecule has 0 aliphatic rings. The van der Waals surface area contributed by atoms with Crippen molar-refractivity contribution < 1.29 is 17.9 Å². The standard InChI is InChI=1S/C13H8ClFN2O3S/c14-10-5-12(13(18)6-11(10)15)17-21(19,20)9-3-1-2-8(4-9)7-16/h1-6,17-18H. The largest absolute Gasteiger partial charge is 0.506 e. The molecule has 0 unspecified atom stereocenters. The van der Waals surface area contributed by atoms with Crippen molar-refractivity contribution in [3.63, 3.8) is 0 Å². The Morgan fingerprint density at radius 3 is 2.67 bits per heavy atom. The van der Waals surface area contributed by atoms with Crippen molar-refractivity contribution in [3.05, 3.63) is 52.8 Å². The zero-order chi connectivity index (χ0) is 15.6. The molecule has 0 aliphatic carbocycles. The van der Waals surface area contributed by atoms with Gasteiger partial charge < -0.3 is 5.11 Å². The molecule has 2 aromatic rings. The van der Waals surface area contributed by atoms with Crippen LogP contribution >= 0.6 is 11.6 Å². The van der Waals surface area contributed by atoms with Crippen molar-refractivity contribution in [2.75, 3.05) is 4.72 Å². The molecular weight excluding hydrogens is 319 g/mol. The SMILES string of the molecule is N#Cc1cccc(S(=O)(=O)Nc2cc(Cl)c(F)cc2O)c1. The third kappa shape index (κ3) is 3.24. The van der Waals surface area contributed by atoms with Crippen molar-refractivity contribution >= 4 is 27.3 Å². The van der Waals surface area contributed by atoms with E-state index in [2.05, 4.69) is 4.72 Å². The highest BCUT2D eigenvalue weighted by Gasteiger charge is 2.18. The van der Waals surface area contributed by atoms with Crippen LogP contribution in [-0.4, -0.2) is 13.5 Å². The fraction of sp³-hybridized carbons (Fsp3) is 0. The molecule has 108 valence electrons. The highest BCUT2D eigenvalue weighted by Crippen LogP contribution is 2.31. The number of rotatable bonds is 3. The molecule has 21 heavy (non-hydrogen) atoms. The van der Waals surface area contributed by atoms with Crippen molar-refractivity contribution in [3.8, 4) is 11.8 Å². The first kappa shape index (κ1) is 15.1. The Bertz CT molecular complexity index is 847. The Morgan fingerprint density at radius 2 is 2.00 bits per heavy atom. The summed E-state index contributed by atoms with van der Waals surface area (Å²) in [6.45, 7) is 0. The van der Waals surface area contributed by atoms with Crippen LogP contribution in [0.4, 0.5) is 10.1 Å². The summed E-state index contributed by atoms with van der Waals surface area (Å²) in [5.41, 5.74) is -0.0944. The van der Waals surface area contributed by atoms with E-state index in [1.165, 1.54) is 24.3 Å². The van der Waals surface area contributed by atoms with Crippen LogP contribution in [-0.2, 0) is 10.0 Å². The summed E-state index contributed by atoms with van der Waals surface area (Å²) in [6, 6.07) is 8.79. The van der Waals surface area contributed by atoms with E-state index in [-0.39, 0.29) is 21.2 Å². The van der Waals surface area contributed by atoms with Crippen molar-refractivity contribution in [2.45, 2.75) is 4.90 Å². The Kier molecular flexibility index (Phi) is 4.02. The van der Waals surface area contributed by atoms with Gasteiger partial charge in [-0.25, -0.2) is 12.8 Å². The maximum Gasteiger partial charge on any atom is 0.262 e. The second-order valence-corrected chi connectivity index (χ2v) is 6.12. The summed E-state index contributed by atoms with van der Waals surface area (Å²) < 4.78 is 39.5. The van der Waals surface area contributed by atoms with Crippen LogP contribution in [0.3, 0.4) is 0 Å². The van der Waals surface area contributed by atoms with Crippen LogP contribution in [0.5, 0.6) is 5.75 Å². The fourth-order valence-electron chi connectivity index (χ4n) is 1.55. The van der Waals surface area contributed by atoms with Gasteiger partial charge in [-0.2, -0.15) is 5.26 Å². The van der Waals surface area contributed by atoms with Crippen LogP contribution in [0, 0.1) is 17.1 Å². The molecule has 0 heterocycles. The lowest BCUT2D eigenvalue weighted by Gasteiger charge is -2.10. The van der Waals surface area contributed by atoms with Crippen molar-refractivity contribution in [2.24, 2.45) is 0 Å². The molecule has 0 radical (unpaired) electrons. The summed E-state index contributed by atoms with van der Waals surface area (Å²) in [5.74, 6) is -1.47. The molecule has 0 atom stereocenters. The summed E-state index contributed by atoms with van der Waals surface area (Å²) in [5, 5.41) is 18.0. The van der Waals surface area contributed by atoms with Crippen molar-refractivity contribution in [1.82, 2.24) is 0 Å². The van der Waals surface area contributed by atoms with Crippen LogP contribution in [0.1, 0.15) is 5.56 Å². The first-order chi connectivity index (χ1) is 9.83. The minimum atomic E-state index is -4.04. The van der Waals surface area contributed by atoms with E-state index >= 15 is 0 Å². The number of nitrogens with zero attached hydrogens (tertiary/aromatic N) is 1. The van der Waals surface area contributed by atoms with Gasteiger partial charge in [-0.15, -0.1) is 0 Å². The highest BCUT2D eigenvalue weighted by atomic mass is 35.5. The van der Waals surface area contributed by atoms with Gasteiger partial charge in [0.05, 0.1) is 27.2 Å². The van der Waals surface area contributed by atoms with Gasteiger partial charge in [-0.05, 0) is 24.3 Å². The van der Waals surface area contributed by atoms with Crippen molar-refractivity contribution in [1.29, 1.82) is 5.26 Å². The summed E-state index contributed by atoms with van der Waals surface area (Å²) >= 11 is 5.54. The smallest absolute Gasteiger partial charge is 0.262 e. The van der Waals surface area contributed by atoms with E-state index in [9.17, 15) is 17.9 Å². The highest BCUT2D eigenvalue weighted by molar-refractivity contribution is 7.92. The van der Waals surface area contributed by atoms with Crippen LogP contribution in [0.25, 0.3) is 0 Å². The number of anilines is 1. The van der Waals surface area contributed by atoms with Gasteiger partial charge in [0.25, 0.3) is 10.0 Å². The average molecular weight is 327 g/mol. The van der Waals surface area contributed by atoms with E-state index in [0.29, 0.717) is 6.07 Å². The number of halogens is 2. The summed E-state index contributed by atoms with van der Waals surface area (Å²) in [7, 11) is -4.04. The van der Waals surface area contributed by atoms with Gasteiger partial charge in [0.1, 0.15) is 11.6 Å². The van der Waals surface area contributed by atoms with Gasteiger partial charge >= 0.3 is 0 Å². The van der Waals surface area contributed by atoms with Crippen LogP contribution in [0.15, 0.2) is 41.3 Å². The Labute approximate surface area is 125 Å². The summed E-state index contributed by atoms with van der Waals surface area (Å²) in [4.78, 5) is -0.165. The molecule has 0 saturated heterocycles. The van der Waals surface area contributed by atoms with E-state index in [4.69, 9.17) is 16.9 Å². The number of phenolic OH excluding ortho intramolecular Hbond substituents is 1. The van der Waals surface area contributed by atoms with Gasteiger partial charge in [-0.1, -0.05) is 17.7 Å². The molecule has 8 heteroatoms. The number of hydrogen-bond acceptors (Lipinski definition) is 4. The molecule has 2 N–H and O–H groups in total. The third-order valence-corrected chi connectivity index (χ3v) is 4.21. The number of aromatic hydroxyl groups is 1. The molecule has 5 nitrogen and oxygen atoms in total. The molecule has 2 rings (SSSR count). The summed E-state index contributed by atoms with van der Waals surface area (Å²) in [6.07, 6.45) is 0. The predicted molar refractivity (Wildman–Crippen MR) is 75.0 cm³/mol. The quantitative estimate of drug-likeness (QED) is 0.849. The third-order valence-electron chi connectivity index (χ3n) is 2.56. The van der Waals surface area contributed by atoms with Crippen LogP contribution < -0.4 is 4.72 Å². The number of sulfonamides is 1. The molecule has 0 fully saturated rings. The molecule has 0 saturated carbocycles. The monoisotopic (exact) mass is 326 g/mol. The second kappa shape index (κ2) is 5.60. The maximum absolute atomic E-state index is 13.1.